The molecule has 1 N–H and O–H groups in total. The van der Waals surface area contributed by atoms with E-state index in [2.05, 4.69) is 5.32 Å². The first-order valence-corrected chi connectivity index (χ1v) is 8.52. The molecular formula is C17H26ClNO2. The smallest absolute Gasteiger partial charge is 0.161 e. The maximum absolute atomic E-state index is 6.05. The van der Waals surface area contributed by atoms with Gasteiger partial charge in [0.05, 0.1) is 6.61 Å². The zero-order chi connectivity index (χ0) is 14.9. The van der Waals surface area contributed by atoms with Crippen molar-refractivity contribution in [3.8, 4) is 11.5 Å². The lowest BCUT2D eigenvalue weighted by Crippen LogP contribution is -2.41. The van der Waals surface area contributed by atoms with Crippen molar-refractivity contribution >= 4 is 11.6 Å². The monoisotopic (exact) mass is 311 g/mol. The first kappa shape index (κ1) is 16.4. The molecule has 1 aliphatic carbocycles. The summed E-state index contributed by atoms with van der Waals surface area (Å²) in [5.74, 6) is 3.00. The third-order valence-corrected chi connectivity index (χ3v) is 4.42. The number of halogens is 1. The van der Waals surface area contributed by atoms with Gasteiger partial charge >= 0.3 is 0 Å². The van der Waals surface area contributed by atoms with Gasteiger partial charge in [-0.25, -0.2) is 0 Å². The van der Waals surface area contributed by atoms with Crippen molar-refractivity contribution in [3.05, 3.63) is 24.3 Å². The number of alkyl halides is 1. The van der Waals surface area contributed by atoms with Crippen LogP contribution in [0.3, 0.4) is 0 Å². The van der Waals surface area contributed by atoms with Crippen LogP contribution < -0.4 is 14.8 Å². The standard InChI is InChI=1S/C17H26ClNO2/c1-2-20-16-9-5-6-10-17(16)21-12-11-19-15-8-4-3-7-14(15)13-18/h5-6,9-10,14-15,19H,2-4,7-8,11-13H2,1H3. The molecule has 0 heterocycles. The Bertz CT molecular complexity index is 414. The molecule has 1 saturated carbocycles. The number of rotatable bonds is 8. The van der Waals surface area contributed by atoms with E-state index in [0.29, 0.717) is 25.2 Å². The topological polar surface area (TPSA) is 30.5 Å². The maximum Gasteiger partial charge on any atom is 0.161 e. The average Bonchev–Trinajstić information content (AvgIpc) is 2.53. The SMILES string of the molecule is CCOc1ccccc1OCCNC1CCCCC1CCl. The normalized spacial score (nSPS) is 22.0. The molecule has 0 spiro atoms. The van der Waals surface area contributed by atoms with Crippen molar-refractivity contribution in [2.75, 3.05) is 25.6 Å². The van der Waals surface area contributed by atoms with E-state index >= 15 is 0 Å². The number of ether oxygens (including phenoxy) is 2. The molecule has 118 valence electrons. The molecule has 0 aliphatic heterocycles. The lowest BCUT2D eigenvalue weighted by atomic mass is 9.86. The Kier molecular flexibility index (Phi) is 7.17. The fourth-order valence-corrected chi connectivity index (χ4v) is 3.28. The van der Waals surface area contributed by atoms with Crippen molar-refractivity contribution in [2.45, 2.75) is 38.6 Å². The van der Waals surface area contributed by atoms with Crippen LogP contribution in [-0.4, -0.2) is 31.7 Å². The Hall–Kier alpha value is -0.930. The van der Waals surface area contributed by atoms with Crippen LogP contribution in [0.5, 0.6) is 11.5 Å². The highest BCUT2D eigenvalue weighted by Gasteiger charge is 2.23. The molecule has 3 nitrogen and oxygen atoms in total. The number of benzene rings is 1. The highest BCUT2D eigenvalue weighted by molar-refractivity contribution is 6.18. The number of para-hydroxylation sites is 2. The summed E-state index contributed by atoms with van der Waals surface area (Å²) >= 11 is 6.05. The van der Waals surface area contributed by atoms with Gasteiger partial charge in [-0.3, -0.25) is 0 Å². The third-order valence-electron chi connectivity index (χ3n) is 4.02. The van der Waals surface area contributed by atoms with Crippen LogP contribution in [0.15, 0.2) is 24.3 Å². The minimum atomic E-state index is 0.544. The molecule has 2 unspecified atom stereocenters. The summed E-state index contributed by atoms with van der Waals surface area (Å²) in [6.45, 7) is 4.12. The molecule has 2 rings (SSSR count). The van der Waals surface area contributed by atoms with Gasteiger partial charge in [0.1, 0.15) is 6.61 Å². The second-order valence-corrected chi connectivity index (χ2v) is 5.80. The average molecular weight is 312 g/mol. The molecule has 21 heavy (non-hydrogen) atoms. The van der Waals surface area contributed by atoms with Gasteiger partial charge in [-0.05, 0) is 37.8 Å². The maximum atomic E-state index is 6.05. The molecule has 4 heteroatoms. The summed E-state index contributed by atoms with van der Waals surface area (Å²) in [4.78, 5) is 0. The minimum Gasteiger partial charge on any atom is -0.490 e. The van der Waals surface area contributed by atoms with Crippen LogP contribution in [-0.2, 0) is 0 Å². The molecule has 1 aliphatic rings. The first-order valence-electron chi connectivity index (χ1n) is 7.99. The van der Waals surface area contributed by atoms with E-state index in [0.717, 1.165) is 23.9 Å². The summed E-state index contributed by atoms with van der Waals surface area (Å²) in [7, 11) is 0. The zero-order valence-electron chi connectivity index (χ0n) is 12.8. The van der Waals surface area contributed by atoms with E-state index in [1.165, 1.54) is 25.7 Å². The molecular weight excluding hydrogens is 286 g/mol. The molecule has 1 aromatic rings. The highest BCUT2D eigenvalue weighted by Crippen LogP contribution is 2.27. The van der Waals surface area contributed by atoms with E-state index < -0.39 is 0 Å². The Labute approximate surface area is 133 Å². The molecule has 0 amide bonds. The molecule has 0 radical (unpaired) electrons. The quantitative estimate of drug-likeness (QED) is 0.584. The zero-order valence-corrected chi connectivity index (χ0v) is 13.6. The minimum absolute atomic E-state index is 0.544. The second-order valence-electron chi connectivity index (χ2n) is 5.49. The summed E-state index contributed by atoms with van der Waals surface area (Å²) in [5.41, 5.74) is 0. The van der Waals surface area contributed by atoms with E-state index in [4.69, 9.17) is 21.1 Å². The summed E-state index contributed by atoms with van der Waals surface area (Å²) in [6.07, 6.45) is 5.09. The van der Waals surface area contributed by atoms with Gasteiger partial charge < -0.3 is 14.8 Å². The largest absolute Gasteiger partial charge is 0.490 e. The molecule has 2 atom stereocenters. The molecule has 0 bridgehead atoms. The molecule has 1 aromatic carbocycles. The van der Waals surface area contributed by atoms with Crippen LogP contribution in [0.1, 0.15) is 32.6 Å². The van der Waals surface area contributed by atoms with Crippen LogP contribution in [0, 0.1) is 5.92 Å². The molecule has 1 fully saturated rings. The van der Waals surface area contributed by atoms with Crippen molar-refractivity contribution in [3.63, 3.8) is 0 Å². The van der Waals surface area contributed by atoms with E-state index in [1.807, 2.05) is 31.2 Å². The van der Waals surface area contributed by atoms with Gasteiger partial charge in [0.15, 0.2) is 11.5 Å². The summed E-state index contributed by atoms with van der Waals surface area (Å²) in [5, 5.41) is 3.59. The van der Waals surface area contributed by atoms with E-state index in [-0.39, 0.29) is 0 Å². The van der Waals surface area contributed by atoms with Crippen LogP contribution in [0.25, 0.3) is 0 Å². The van der Waals surface area contributed by atoms with Gasteiger partial charge in [0.25, 0.3) is 0 Å². The van der Waals surface area contributed by atoms with Crippen molar-refractivity contribution in [2.24, 2.45) is 5.92 Å². The van der Waals surface area contributed by atoms with Gasteiger partial charge in [0.2, 0.25) is 0 Å². The number of nitrogens with one attached hydrogen (secondary N) is 1. The predicted octanol–water partition coefficient (Wildman–Crippen LogP) is 3.85. The number of hydrogen-bond donors (Lipinski definition) is 1. The Morgan fingerprint density at radius 3 is 2.57 bits per heavy atom. The first-order chi connectivity index (χ1) is 10.3. The summed E-state index contributed by atoms with van der Waals surface area (Å²) < 4.78 is 11.4. The fourth-order valence-electron chi connectivity index (χ4n) is 2.91. The molecule has 0 saturated heterocycles. The van der Waals surface area contributed by atoms with Crippen LogP contribution in [0.4, 0.5) is 0 Å². The second kappa shape index (κ2) is 9.16. The predicted molar refractivity (Wildman–Crippen MR) is 87.6 cm³/mol. The van der Waals surface area contributed by atoms with Gasteiger partial charge in [-0.2, -0.15) is 0 Å². The van der Waals surface area contributed by atoms with E-state index in [1.54, 1.807) is 0 Å². The Morgan fingerprint density at radius 1 is 1.14 bits per heavy atom. The summed E-state index contributed by atoms with van der Waals surface area (Å²) in [6, 6.07) is 8.37. The fraction of sp³-hybridized carbons (Fsp3) is 0.647. The van der Waals surface area contributed by atoms with E-state index in [9.17, 15) is 0 Å². The van der Waals surface area contributed by atoms with Crippen LogP contribution >= 0.6 is 11.6 Å². The Morgan fingerprint density at radius 2 is 1.86 bits per heavy atom. The van der Waals surface area contributed by atoms with Gasteiger partial charge in [-0.1, -0.05) is 25.0 Å². The van der Waals surface area contributed by atoms with Crippen molar-refractivity contribution in [1.29, 1.82) is 0 Å². The van der Waals surface area contributed by atoms with Gasteiger partial charge in [-0.15, -0.1) is 11.6 Å². The van der Waals surface area contributed by atoms with Crippen molar-refractivity contribution in [1.82, 2.24) is 5.32 Å². The van der Waals surface area contributed by atoms with Gasteiger partial charge in [0, 0.05) is 18.5 Å². The third kappa shape index (κ3) is 5.08. The highest BCUT2D eigenvalue weighted by atomic mass is 35.5. The van der Waals surface area contributed by atoms with Crippen LogP contribution in [0.2, 0.25) is 0 Å². The lowest BCUT2D eigenvalue weighted by molar-refractivity contribution is 0.243. The number of hydrogen-bond acceptors (Lipinski definition) is 3. The molecule has 0 aromatic heterocycles. The Balaban J connectivity index is 1.74. The van der Waals surface area contributed by atoms with Crippen molar-refractivity contribution < 1.29 is 9.47 Å². The lowest BCUT2D eigenvalue weighted by Gasteiger charge is -2.31.